The summed E-state index contributed by atoms with van der Waals surface area (Å²) in [5.41, 5.74) is 0.800. The molecule has 1 N–H and O–H groups in total. The highest BCUT2D eigenvalue weighted by molar-refractivity contribution is 7.71. The van der Waals surface area contributed by atoms with Crippen molar-refractivity contribution in [3.8, 4) is 11.5 Å². The second kappa shape index (κ2) is 9.20. The summed E-state index contributed by atoms with van der Waals surface area (Å²) >= 11 is 5.13. The average molecular weight is 416 g/mol. The number of aromatic nitrogens is 3. The first-order valence-electron chi connectivity index (χ1n) is 8.77. The van der Waals surface area contributed by atoms with Crippen LogP contribution in [0.2, 0.25) is 0 Å². The predicted molar refractivity (Wildman–Crippen MR) is 107 cm³/mol. The SMILES string of the molecule is CCOc1cc(/C=N/n2c(C)n[nH]c2=S)ccc1OCc1ccc(C(=O)OC)o1. The molecule has 152 valence electrons. The minimum absolute atomic E-state index is 0.121. The number of aryl methyl sites for hydroxylation is 1. The number of methoxy groups -OCH3 is 1. The summed E-state index contributed by atoms with van der Waals surface area (Å²) in [6.45, 7) is 4.28. The Morgan fingerprint density at radius 2 is 2.14 bits per heavy atom. The minimum atomic E-state index is -0.539. The summed E-state index contributed by atoms with van der Waals surface area (Å²) in [7, 11) is 1.29. The standard InChI is InChI=1S/C19H20N4O5S/c1-4-26-17-9-13(10-20-23-12(2)21-22-19(23)29)5-7-15(17)27-11-14-6-8-16(28-14)18(24)25-3/h5-10H,4,11H2,1-3H3,(H,22,29)/b20-10+. The van der Waals surface area contributed by atoms with Crippen molar-refractivity contribution < 1.29 is 23.4 Å². The van der Waals surface area contributed by atoms with Gasteiger partial charge in [-0.25, -0.2) is 4.79 Å². The molecule has 9 nitrogen and oxygen atoms in total. The van der Waals surface area contributed by atoms with Crippen LogP contribution < -0.4 is 9.47 Å². The second-order valence-electron chi connectivity index (χ2n) is 5.82. The number of nitrogens with one attached hydrogen (secondary N) is 1. The molecular weight excluding hydrogens is 396 g/mol. The highest BCUT2D eigenvalue weighted by Crippen LogP contribution is 2.29. The van der Waals surface area contributed by atoms with Gasteiger partial charge in [-0.15, -0.1) is 0 Å². The molecule has 3 aromatic rings. The van der Waals surface area contributed by atoms with Crippen LogP contribution in [0.3, 0.4) is 0 Å². The molecule has 0 amide bonds. The lowest BCUT2D eigenvalue weighted by molar-refractivity contribution is 0.0561. The largest absolute Gasteiger partial charge is 0.490 e. The third-order valence-corrected chi connectivity index (χ3v) is 4.08. The molecule has 0 saturated heterocycles. The Labute approximate surface area is 171 Å². The number of hydrogen-bond acceptors (Lipinski definition) is 8. The first kappa shape index (κ1) is 20.3. The Morgan fingerprint density at radius 3 is 2.83 bits per heavy atom. The highest BCUT2D eigenvalue weighted by atomic mass is 32.1. The van der Waals surface area contributed by atoms with Gasteiger partial charge in [-0.1, -0.05) is 0 Å². The van der Waals surface area contributed by atoms with E-state index in [1.54, 1.807) is 25.3 Å². The van der Waals surface area contributed by atoms with E-state index in [2.05, 4.69) is 20.0 Å². The van der Waals surface area contributed by atoms with Gasteiger partial charge in [0.25, 0.3) is 0 Å². The number of carbonyl (C=O) groups is 1. The van der Waals surface area contributed by atoms with Gasteiger partial charge < -0.3 is 18.6 Å². The van der Waals surface area contributed by atoms with Gasteiger partial charge in [0, 0.05) is 0 Å². The average Bonchev–Trinajstić information content (AvgIpc) is 3.32. The van der Waals surface area contributed by atoms with E-state index < -0.39 is 5.97 Å². The number of aromatic amines is 1. The highest BCUT2D eigenvalue weighted by Gasteiger charge is 2.12. The predicted octanol–water partition coefficient (Wildman–Crippen LogP) is 3.49. The van der Waals surface area contributed by atoms with Crippen LogP contribution in [0.25, 0.3) is 0 Å². The zero-order valence-corrected chi connectivity index (χ0v) is 17.0. The molecule has 0 unspecified atom stereocenters. The minimum Gasteiger partial charge on any atom is -0.490 e. The Bertz CT molecular complexity index is 1080. The molecule has 3 rings (SSSR count). The van der Waals surface area contributed by atoms with E-state index in [-0.39, 0.29) is 12.4 Å². The van der Waals surface area contributed by atoms with Gasteiger partial charge in [0.05, 0.1) is 19.9 Å². The molecule has 0 saturated carbocycles. The quantitative estimate of drug-likeness (QED) is 0.340. The van der Waals surface area contributed by atoms with E-state index in [9.17, 15) is 4.79 Å². The van der Waals surface area contributed by atoms with Crippen LogP contribution in [-0.2, 0) is 11.3 Å². The van der Waals surface area contributed by atoms with Gasteiger partial charge in [0.15, 0.2) is 11.5 Å². The van der Waals surface area contributed by atoms with Gasteiger partial charge in [-0.05, 0) is 62.0 Å². The summed E-state index contributed by atoms with van der Waals surface area (Å²) in [5.74, 6) is 1.82. The first-order valence-corrected chi connectivity index (χ1v) is 9.17. The van der Waals surface area contributed by atoms with Gasteiger partial charge in [0.2, 0.25) is 10.5 Å². The van der Waals surface area contributed by atoms with Gasteiger partial charge in [-0.3, -0.25) is 5.10 Å². The molecule has 0 bridgehead atoms. The normalized spacial score (nSPS) is 11.0. The number of esters is 1. The molecule has 0 aliphatic rings. The van der Waals surface area contributed by atoms with Gasteiger partial charge >= 0.3 is 5.97 Å². The van der Waals surface area contributed by atoms with E-state index in [0.29, 0.717) is 34.5 Å². The lowest BCUT2D eigenvalue weighted by Crippen LogP contribution is -2.01. The smallest absolute Gasteiger partial charge is 0.373 e. The molecule has 0 spiro atoms. The number of furan rings is 1. The lowest BCUT2D eigenvalue weighted by atomic mass is 10.2. The molecule has 2 aromatic heterocycles. The number of carbonyl (C=O) groups excluding carboxylic acids is 1. The third-order valence-electron chi connectivity index (χ3n) is 3.82. The molecule has 0 atom stereocenters. The molecule has 10 heteroatoms. The van der Waals surface area contributed by atoms with E-state index in [4.69, 9.17) is 26.1 Å². The van der Waals surface area contributed by atoms with Crippen molar-refractivity contribution in [3.05, 3.63) is 58.0 Å². The first-order chi connectivity index (χ1) is 14.0. The third kappa shape index (κ3) is 4.91. The van der Waals surface area contributed by atoms with Crippen LogP contribution in [0.5, 0.6) is 11.5 Å². The summed E-state index contributed by atoms with van der Waals surface area (Å²) in [5, 5.41) is 11.0. The van der Waals surface area contributed by atoms with E-state index in [0.717, 1.165) is 5.56 Å². The number of ether oxygens (including phenoxy) is 3. The Balaban J connectivity index is 1.74. The molecule has 29 heavy (non-hydrogen) atoms. The van der Waals surface area contributed by atoms with Crippen molar-refractivity contribution >= 4 is 24.4 Å². The number of H-pyrrole nitrogens is 1. The van der Waals surface area contributed by atoms with E-state index >= 15 is 0 Å². The van der Waals surface area contributed by atoms with E-state index in [1.165, 1.54) is 17.9 Å². The maximum atomic E-state index is 11.5. The topological polar surface area (TPSA) is 104 Å². The molecular formula is C19H20N4O5S. The van der Waals surface area contributed by atoms with Crippen LogP contribution in [0, 0.1) is 11.7 Å². The summed E-state index contributed by atoms with van der Waals surface area (Å²) in [6, 6.07) is 8.62. The number of benzene rings is 1. The van der Waals surface area contributed by atoms with Crippen LogP contribution >= 0.6 is 12.2 Å². The maximum absolute atomic E-state index is 11.5. The molecule has 0 fully saturated rings. The molecule has 0 radical (unpaired) electrons. The number of rotatable bonds is 8. The number of hydrogen-bond donors (Lipinski definition) is 1. The van der Waals surface area contributed by atoms with E-state index in [1.807, 2.05) is 19.1 Å². The van der Waals surface area contributed by atoms with Crippen molar-refractivity contribution in [1.82, 2.24) is 14.9 Å². The fourth-order valence-electron chi connectivity index (χ4n) is 2.44. The second-order valence-corrected chi connectivity index (χ2v) is 6.20. The Hall–Kier alpha value is -3.40. The van der Waals surface area contributed by atoms with Crippen LogP contribution in [0.4, 0.5) is 0 Å². The Kier molecular flexibility index (Phi) is 6.45. The van der Waals surface area contributed by atoms with Crippen molar-refractivity contribution in [3.63, 3.8) is 0 Å². The molecule has 0 aliphatic heterocycles. The van der Waals surface area contributed by atoms with Crippen LogP contribution in [-0.4, -0.2) is 40.8 Å². The van der Waals surface area contributed by atoms with Crippen molar-refractivity contribution in [2.45, 2.75) is 20.5 Å². The van der Waals surface area contributed by atoms with Crippen LogP contribution in [0.1, 0.15) is 34.6 Å². The summed E-state index contributed by atoms with van der Waals surface area (Å²) < 4.78 is 23.4. The van der Waals surface area contributed by atoms with Gasteiger partial charge in [-0.2, -0.15) is 14.9 Å². The van der Waals surface area contributed by atoms with Crippen molar-refractivity contribution in [2.24, 2.45) is 5.10 Å². The monoisotopic (exact) mass is 416 g/mol. The fourth-order valence-corrected chi connectivity index (χ4v) is 2.66. The zero-order chi connectivity index (χ0) is 20.8. The summed E-state index contributed by atoms with van der Waals surface area (Å²) in [6.07, 6.45) is 1.65. The lowest BCUT2D eigenvalue weighted by Gasteiger charge is -2.11. The zero-order valence-electron chi connectivity index (χ0n) is 16.2. The van der Waals surface area contributed by atoms with Crippen LogP contribution in [0.15, 0.2) is 39.9 Å². The summed E-state index contributed by atoms with van der Waals surface area (Å²) in [4.78, 5) is 11.5. The van der Waals surface area contributed by atoms with Gasteiger partial charge in [0.1, 0.15) is 18.2 Å². The molecule has 0 aliphatic carbocycles. The maximum Gasteiger partial charge on any atom is 0.373 e. The molecule has 1 aromatic carbocycles. The molecule has 2 heterocycles. The fraction of sp³-hybridized carbons (Fsp3) is 0.263. The number of nitrogens with zero attached hydrogens (tertiary/aromatic N) is 3. The van der Waals surface area contributed by atoms with Crippen molar-refractivity contribution in [2.75, 3.05) is 13.7 Å². The van der Waals surface area contributed by atoms with Crippen molar-refractivity contribution in [1.29, 1.82) is 0 Å². The Morgan fingerprint density at radius 1 is 1.31 bits per heavy atom.